The lowest BCUT2D eigenvalue weighted by Crippen LogP contribution is -2.25. The largest absolute Gasteiger partial charge is 0.497 e. The number of para-hydroxylation sites is 1. The molecule has 7 heteroatoms. The maximum atomic E-state index is 12.6. The summed E-state index contributed by atoms with van der Waals surface area (Å²) in [5.41, 5.74) is 2.52. The number of benzene rings is 2. The van der Waals surface area contributed by atoms with Crippen LogP contribution in [-0.2, 0) is 4.79 Å². The molecular formula is C20H18ClN3O3. The molecule has 2 aromatic carbocycles. The summed E-state index contributed by atoms with van der Waals surface area (Å²) in [6.07, 6.45) is 0.326. The Morgan fingerprint density at radius 3 is 2.70 bits per heavy atom. The van der Waals surface area contributed by atoms with Gasteiger partial charge in [-0.1, -0.05) is 28.9 Å². The first kappa shape index (κ1) is 17.5. The van der Waals surface area contributed by atoms with Gasteiger partial charge in [-0.15, -0.1) is 0 Å². The molecule has 1 aliphatic heterocycles. The molecule has 138 valence electrons. The predicted octanol–water partition coefficient (Wildman–Crippen LogP) is 4.23. The van der Waals surface area contributed by atoms with Gasteiger partial charge in [0.2, 0.25) is 5.91 Å². The number of rotatable bonds is 4. The molecule has 0 spiro atoms. The second-order valence-electron chi connectivity index (χ2n) is 6.50. The lowest BCUT2D eigenvalue weighted by Gasteiger charge is -2.20. The number of carbonyl (C=O) groups is 1. The molecule has 6 nitrogen and oxygen atoms in total. The maximum absolute atomic E-state index is 12.6. The van der Waals surface area contributed by atoms with Crippen LogP contribution in [0, 0.1) is 6.92 Å². The molecule has 1 unspecified atom stereocenters. The number of aryl methyl sites for hydroxylation is 1. The maximum Gasteiger partial charge on any atom is 0.257 e. The smallest absolute Gasteiger partial charge is 0.257 e. The third kappa shape index (κ3) is 3.28. The van der Waals surface area contributed by atoms with Crippen LogP contribution in [0.5, 0.6) is 5.75 Å². The zero-order valence-electron chi connectivity index (χ0n) is 15.0. The zero-order valence-corrected chi connectivity index (χ0v) is 15.7. The molecule has 1 amide bonds. The van der Waals surface area contributed by atoms with Crippen molar-refractivity contribution in [2.75, 3.05) is 18.6 Å². The minimum Gasteiger partial charge on any atom is -0.497 e. The third-order valence-electron chi connectivity index (χ3n) is 4.73. The number of nitrogens with zero attached hydrogens (tertiary/aromatic N) is 3. The summed E-state index contributed by atoms with van der Waals surface area (Å²) in [5, 5.41) is 4.66. The number of amides is 1. The monoisotopic (exact) mass is 383 g/mol. The van der Waals surface area contributed by atoms with E-state index in [0.717, 1.165) is 22.6 Å². The van der Waals surface area contributed by atoms with E-state index in [1.54, 1.807) is 18.1 Å². The van der Waals surface area contributed by atoms with E-state index in [4.69, 9.17) is 20.9 Å². The normalized spacial score (nSPS) is 16.8. The van der Waals surface area contributed by atoms with E-state index in [1.807, 2.05) is 43.3 Å². The molecule has 0 N–H and O–H groups in total. The molecule has 1 saturated heterocycles. The van der Waals surface area contributed by atoms with Crippen LogP contribution in [0.15, 0.2) is 47.0 Å². The third-order valence-corrected chi connectivity index (χ3v) is 5.03. The number of ether oxygens (including phenoxy) is 1. The summed E-state index contributed by atoms with van der Waals surface area (Å²) in [5.74, 6) is 1.58. The molecule has 4 rings (SSSR count). The van der Waals surface area contributed by atoms with Crippen molar-refractivity contribution < 1.29 is 14.1 Å². The van der Waals surface area contributed by atoms with E-state index < -0.39 is 0 Å². The van der Waals surface area contributed by atoms with Gasteiger partial charge in [0.05, 0.1) is 17.8 Å². The topological polar surface area (TPSA) is 68.5 Å². The highest BCUT2D eigenvalue weighted by Crippen LogP contribution is 2.37. The fourth-order valence-electron chi connectivity index (χ4n) is 3.31. The molecule has 1 aliphatic rings. The first-order valence-corrected chi connectivity index (χ1v) is 8.98. The Hall–Kier alpha value is -2.86. The molecule has 0 bridgehead atoms. The Morgan fingerprint density at radius 2 is 2.00 bits per heavy atom. The highest BCUT2D eigenvalue weighted by Gasteiger charge is 2.36. The molecular weight excluding hydrogens is 366 g/mol. The predicted molar refractivity (Wildman–Crippen MR) is 102 cm³/mol. The van der Waals surface area contributed by atoms with Gasteiger partial charge in [0, 0.05) is 24.4 Å². The Morgan fingerprint density at radius 1 is 1.22 bits per heavy atom. The van der Waals surface area contributed by atoms with Gasteiger partial charge < -0.3 is 14.2 Å². The van der Waals surface area contributed by atoms with Crippen LogP contribution in [-0.4, -0.2) is 29.7 Å². The molecule has 1 aromatic heterocycles. The average molecular weight is 384 g/mol. The lowest BCUT2D eigenvalue weighted by atomic mass is 10.1. The molecule has 0 aliphatic carbocycles. The Kier molecular flexibility index (Phi) is 4.58. The van der Waals surface area contributed by atoms with Crippen molar-refractivity contribution in [3.63, 3.8) is 0 Å². The fourth-order valence-corrected chi connectivity index (χ4v) is 3.64. The van der Waals surface area contributed by atoms with E-state index >= 15 is 0 Å². The molecule has 0 saturated carbocycles. The minimum absolute atomic E-state index is 0.00648. The van der Waals surface area contributed by atoms with Crippen molar-refractivity contribution >= 4 is 23.2 Å². The van der Waals surface area contributed by atoms with Gasteiger partial charge in [-0.2, -0.15) is 4.98 Å². The second-order valence-corrected chi connectivity index (χ2v) is 6.90. The summed E-state index contributed by atoms with van der Waals surface area (Å²) in [4.78, 5) is 18.8. The Bertz CT molecular complexity index is 964. The van der Waals surface area contributed by atoms with Crippen molar-refractivity contribution in [3.8, 4) is 17.2 Å². The Labute approximate surface area is 161 Å². The molecule has 1 fully saturated rings. The van der Waals surface area contributed by atoms with Gasteiger partial charge in [-0.05, 0) is 42.8 Å². The van der Waals surface area contributed by atoms with Gasteiger partial charge in [-0.3, -0.25) is 4.79 Å². The average Bonchev–Trinajstić information content (AvgIpc) is 3.29. The van der Waals surface area contributed by atoms with E-state index in [0.29, 0.717) is 29.7 Å². The second kappa shape index (κ2) is 7.04. The van der Waals surface area contributed by atoms with Crippen LogP contribution in [0.2, 0.25) is 5.02 Å². The van der Waals surface area contributed by atoms with Crippen LogP contribution in [0.1, 0.15) is 23.7 Å². The number of anilines is 1. The molecule has 27 heavy (non-hydrogen) atoms. The number of aromatic nitrogens is 2. The number of hydrogen-bond acceptors (Lipinski definition) is 5. The van der Waals surface area contributed by atoms with Crippen LogP contribution >= 0.6 is 11.6 Å². The number of hydrogen-bond donors (Lipinski definition) is 0. The van der Waals surface area contributed by atoms with E-state index in [1.165, 1.54) is 0 Å². The Balaban J connectivity index is 1.57. The van der Waals surface area contributed by atoms with Crippen LogP contribution in [0.25, 0.3) is 11.5 Å². The van der Waals surface area contributed by atoms with Crippen molar-refractivity contribution in [3.05, 3.63) is 58.9 Å². The quantitative estimate of drug-likeness (QED) is 0.674. The van der Waals surface area contributed by atoms with E-state index in [2.05, 4.69) is 10.1 Å². The minimum atomic E-state index is -0.135. The standard InChI is InChI=1S/C20H18ClN3O3/c1-12-4-3-5-16(21)18(12)24-11-14(10-17(24)25)19-22-20(27-23-19)13-6-8-15(26-2)9-7-13/h3-9,14H,10-11H2,1-2H3. The highest BCUT2D eigenvalue weighted by molar-refractivity contribution is 6.34. The highest BCUT2D eigenvalue weighted by atomic mass is 35.5. The number of methoxy groups -OCH3 is 1. The van der Waals surface area contributed by atoms with Crippen LogP contribution < -0.4 is 9.64 Å². The summed E-state index contributed by atoms with van der Waals surface area (Å²) in [6.45, 7) is 2.42. The summed E-state index contributed by atoms with van der Waals surface area (Å²) < 4.78 is 10.6. The first-order valence-electron chi connectivity index (χ1n) is 8.60. The van der Waals surface area contributed by atoms with Crippen LogP contribution in [0.4, 0.5) is 5.69 Å². The summed E-state index contributed by atoms with van der Waals surface area (Å²) in [6, 6.07) is 13.0. The molecule has 1 atom stereocenters. The number of carbonyl (C=O) groups excluding carboxylic acids is 1. The molecule has 3 aromatic rings. The summed E-state index contributed by atoms with van der Waals surface area (Å²) >= 11 is 6.32. The van der Waals surface area contributed by atoms with Crippen molar-refractivity contribution in [1.82, 2.24) is 10.1 Å². The molecule has 0 radical (unpaired) electrons. The van der Waals surface area contributed by atoms with E-state index in [-0.39, 0.29) is 11.8 Å². The van der Waals surface area contributed by atoms with Gasteiger partial charge in [0.25, 0.3) is 5.89 Å². The van der Waals surface area contributed by atoms with Gasteiger partial charge in [0.1, 0.15) is 5.75 Å². The van der Waals surface area contributed by atoms with E-state index in [9.17, 15) is 4.79 Å². The van der Waals surface area contributed by atoms with Crippen molar-refractivity contribution in [2.24, 2.45) is 0 Å². The van der Waals surface area contributed by atoms with Gasteiger partial charge in [0.15, 0.2) is 5.82 Å². The fraction of sp³-hybridized carbons (Fsp3) is 0.250. The SMILES string of the molecule is COc1ccc(-c2nc(C3CC(=O)N(c4c(C)cccc4Cl)C3)no2)cc1. The first-order chi connectivity index (χ1) is 13.1. The van der Waals surface area contributed by atoms with Crippen molar-refractivity contribution in [2.45, 2.75) is 19.3 Å². The van der Waals surface area contributed by atoms with Gasteiger partial charge in [-0.25, -0.2) is 0 Å². The van der Waals surface area contributed by atoms with Gasteiger partial charge >= 0.3 is 0 Å². The number of halogens is 1. The van der Waals surface area contributed by atoms with Crippen molar-refractivity contribution in [1.29, 1.82) is 0 Å². The van der Waals surface area contributed by atoms with Crippen LogP contribution in [0.3, 0.4) is 0 Å². The zero-order chi connectivity index (χ0) is 19.0. The summed E-state index contributed by atoms with van der Waals surface area (Å²) in [7, 11) is 1.61. The lowest BCUT2D eigenvalue weighted by molar-refractivity contribution is -0.117. The molecule has 2 heterocycles.